The van der Waals surface area contributed by atoms with Gasteiger partial charge >= 0.3 is 0 Å². The van der Waals surface area contributed by atoms with Crippen molar-refractivity contribution in [2.24, 2.45) is 0 Å². The first-order valence-electron chi connectivity index (χ1n) is 8.70. The number of hydrogen-bond donors (Lipinski definition) is 1. The molecule has 2 aromatic carbocycles. The summed E-state index contributed by atoms with van der Waals surface area (Å²) >= 11 is 1.55. The Labute approximate surface area is 161 Å². The van der Waals surface area contributed by atoms with Crippen LogP contribution in [0.2, 0.25) is 0 Å². The van der Waals surface area contributed by atoms with Crippen molar-refractivity contribution in [2.75, 3.05) is 13.6 Å². The maximum atomic E-state index is 13.2. The van der Waals surface area contributed by atoms with E-state index in [0.29, 0.717) is 12.1 Å². The standard InChI is InChI=1S/C19H19N3O3S2/c1-20-18(23)13-8-10-14(11-9-13)27(24,25)22-12-4-6-16(22)19-21-15-5-2-3-7-17(15)26-19/h2-3,5,7-11,16H,4,6,12H2,1H3,(H,20,23)/t16-/m0/s1. The highest BCUT2D eigenvalue weighted by Gasteiger charge is 2.37. The lowest BCUT2D eigenvalue weighted by atomic mass is 10.2. The summed E-state index contributed by atoms with van der Waals surface area (Å²) in [4.78, 5) is 16.5. The van der Waals surface area contributed by atoms with Crippen LogP contribution in [0.15, 0.2) is 53.4 Å². The number of rotatable bonds is 4. The van der Waals surface area contributed by atoms with Gasteiger partial charge < -0.3 is 5.32 Å². The molecule has 0 aliphatic carbocycles. The molecule has 140 valence electrons. The first kappa shape index (κ1) is 18.1. The molecule has 0 saturated carbocycles. The molecule has 1 aliphatic rings. The molecule has 1 fully saturated rings. The minimum Gasteiger partial charge on any atom is -0.355 e. The number of fused-ring (bicyclic) bond motifs is 1. The zero-order valence-electron chi connectivity index (χ0n) is 14.8. The topological polar surface area (TPSA) is 79.4 Å². The number of sulfonamides is 1. The number of amides is 1. The van der Waals surface area contributed by atoms with Gasteiger partial charge in [-0.2, -0.15) is 4.31 Å². The van der Waals surface area contributed by atoms with Crippen molar-refractivity contribution in [2.45, 2.75) is 23.8 Å². The molecule has 1 saturated heterocycles. The molecule has 8 heteroatoms. The Morgan fingerprint density at radius 3 is 2.63 bits per heavy atom. The van der Waals surface area contributed by atoms with E-state index in [2.05, 4.69) is 10.3 Å². The Balaban J connectivity index is 1.66. The fourth-order valence-corrected chi connectivity index (χ4v) is 6.21. The smallest absolute Gasteiger partial charge is 0.251 e. The zero-order valence-corrected chi connectivity index (χ0v) is 16.4. The first-order chi connectivity index (χ1) is 13.0. The van der Waals surface area contributed by atoms with Gasteiger partial charge in [0.2, 0.25) is 10.0 Å². The van der Waals surface area contributed by atoms with Crippen molar-refractivity contribution in [3.05, 3.63) is 59.1 Å². The molecule has 2 heterocycles. The summed E-state index contributed by atoms with van der Waals surface area (Å²) in [6, 6.07) is 13.7. The number of hydrogen-bond acceptors (Lipinski definition) is 5. The molecule has 1 aromatic heterocycles. The third-order valence-corrected chi connectivity index (χ3v) is 7.81. The second-order valence-electron chi connectivity index (χ2n) is 6.40. The van der Waals surface area contributed by atoms with Crippen molar-refractivity contribution < 1.29 is 13.2 Å². The van der Waals surface area contributed by atoms with Crippen LogP contribution < -0.4 is 5.32 Å². The molecule has 1 atom stereocenters. The molecule has 1 N–H and O–H groups in total. The number of para-hydroxylation sites is 1. The number of carbonyl (C=O) groups is 1. The number of nitrogens with one attached hydrogen (secondary N) is 1. The highest BCUT2D eigenvalue weighted by Crippen LogP contribution is 2.39. The molecule has 0 radical (unpaired) electrons. The van der Waals surface area contributed by atoms with Crippen LogP contribution in [0, 0.1) is 0 Å². The Morgan fingerprint density at radius 2 is 1.93 bits per heavy atom. The number of benzene rings is 2. The predicted molar refractivity (Wildman–Crippen MR) is 105 cm³/mol. The van der Waals surface area contributed by atoms with Crippen LogP contribution in [0.5, 0.6) is 0 Å². The summed E-state index contributed by atoms with van der Waals surface area (Å²) in [5.74, 6) is -0.243. The fourth-order valence-electron chi connectivity index (χ4n) is 3.37. The van der Waals surface area contributed by atoms with Crippen molar-refractivity contribution in [1.82, 2.24) is 14.6 Å². The Morgan fingerprint density at radius 1 is 1.19 bits per heavy atom. The molecule has 4 rings (SSSR count). The minimum atomic E-state index is -3.65. The molecule has 1 amide bonds. The summed E-state index contributed by atoms with van der Waals surface area (Å²) in [7, 11) is -2.11. The molecular weight excluding hydrogens is 382 g/mol. The summed E-state index contributed by atoms with van der Waals surface area (Å²) < 4.78 is 29.0. The van der Waals surface area contributed by atoms with Gasteiger partial charge in [-0.25, -0.2) is 13.4 Å². The van der Waals surface area contributed by atoms with E-state index in [-0.39, 0.29) is 16.8 Å². The number of thiazole rings is 1. The largest absolute Gasteiger partial charge is 0.355 e. The third kappa shape index (κ3) is 3.24. The van der Waals surface area contributed by atoms with Crippen LogP contribution in [-0.2, 0) is 10.0 Å². The molecule has 0 unspecified atom stereocenters. The summed E-state index contributed by atoms with van der Waals surface area (Å²) in [5.41, 5.74) is 1.33. The molecule has 1 aliphatic heterocycles. The van der Waals surface area contributed by atoms with E-state index in [1.807, 2.05) is 24.3 Å². The molecule has 0 spiro atoms. The van der Waals surface area contributed by atoms with Crippen LogP contribution in [0.4, 0.5) is 0 Å². The molecular formula is C19H19N3O3S2. The van der Waals surface area contributed by atoms with E-state index < -0.39 is 10.0 Å². The van der Waals surface area contributed by atoms with E-state index in [9.17, 15) is 13.2 Å². The number of nitrogens with zero attached hydrogens (tertiary/aromatic N) is 2. The average Bonchev–Trinajstić information content (AvgIpc) is 3.34. The van der Waals surface area contributed by atoms with E-state index in [1.165, 1.54) is 24.3 Å². The average molecular weight is 402 g/mol. The molecule has 0 bridgehead atoms. The summed E-state index contributed by atoms with van der Waals surface area (Å²) in [6.07, 6.45) is 1.56. The van der Waals surface area contributed by atoms with E-state index >= 15 is 0 Å². The van der Waals surface area contributed by atoms with E-state index in [0.717, 1.165) is 28.1 Å². The lowest BCUT2D eigenvalue weighted by Crippen LogP contribution is -2.30. The van der Waals surface area contributed by atoms with Crippen LogP contribution in [0.3, 0.4) is 0 Å². The van der Waals surface area contributed by atoms with Crippen molar-refractivity contribution >= 4 is 37.5 Å². The van der Waals surface area contributed by atoms with Crippen molar-refractivity contribution in [3.63, 3.8) is 0 Å². The summed E-state index contributed by atoms with van der Waals surface area (Å²) in [6.45, 7) is 0.472. The maximum Gasteiger partial charge on any atom is 0.251 e. The Kier molecular flexibility index (Phi) is 4.71. The lowest BCUT2D eigenvalue weighted by Gasteiger charge is -2.22. The van der Waals surface area contributed by atoms with E-state index in [4.69, 9.17) is 0 Å². The first-order valence-corrected chi connectivity index (χ1v) is 11.0. The normalized spacial score (nSPS) is 18.0. The highest BCUT2D eigenvalue weighted by molar-refractivity contribution is 7.89. The third-order valence-electron chi connectivity index (χ3n) is 4.75. The van der Waals surface area contributed by atoms with Crippen molar-refractivity contribution in [3.8, 4) is 0 Å². The lowest BCUT2D eigenvalue weighted by molar-refractivity contribution is 0.0963. The van der Waals surface area contributed by atoms with Gasteiger partial charge in [0.05, 0.1) is 21.2 Å². The van der Waals surface area contributed by atoms with Gasteiger partial charge in [0.15, 0.2) is 0 Å². The monoisotopic (exact) mass is 401 g/mol. The second-order valence-corrected chi connectivity index (χ2v) is 9.35. The van der Waals surface area contributed by atoms with Crippen molar-refractivity contribution in [1.29, 1.82) is 0 Å². The van der Waals surface area contributed by atoms with Gasteiger partial charge in [0.25, 0.3) is 5.91 Å². The van der Waals surface area contributed by atoms with Gasteiger partial charge in [-0.15, -0.1) is 11.3 Å². The van der Waals surface area contributed by atoms with Crippen LogP contribution >= 0.6 is 11.3 Å². The fraction of sp³-hybridized carbons (Fsp3) is 0.263. The Hall–Kier alpha value is -2.29. The molecule has 27 heavy (non-hydrogen) atoms. The molecule has 3 aromatic rings. The van der Waals surface area contributed by atoms with Gasteiger partial charge in [-0.1, -0.05) is 12.1 Å². The van der Waals surface area contributed by atoms with Crippen LogP contribution in [-0.4, -0.2) is 37.2 Å². The highest BCUT2D eigenvalue weighted by atomic mass is 32.2. The van der Waals surface area contributed by atoms with Gasteiger partial charge in [-0.3, -0.25) is 4.79 Å². The SMILES string of the molecule is CNC(=O)c1ccc(S(=O)(=O)N2CCC[C@H]2c2nc3ccccc3s2)cc1. The van der Waals surface area contributed by atoms with E-state index in [1.54, 1.807) is 22.7 Å². The number of carbonyl (C=O) groups excluding carboxylic acids is 1. The van der Waals surface area contributed by atoms with Gasteiger partial charge in [0, 0.05) is 19.2 Å². The molecule has 6 nitrogen and oxygen atoms in total. The quantitative estimate of drug-likeness (QED) is 0.728. The van der Waals surface area contributed by atoms with Gasteiger partial charge in [0.1, 0.15) is 5.01 Å². The van der Waals surface area contributed by atoms with Crippen LogP contribution in [0.1, 0.15) is 34.2 Å². The minimum absolute atomic E-state index is 0.197. The number of aromatic nitrogens is 1. The summed E-state index contributed by atoms with van der Waals surface area (Å²) in [5, 5.41) is 3.36. The predicted octanol–water partition coefficient (Wildman–Crippen LogP) is 3.18. The van der Waals surface area contributed by atoms with Gasteiger partial charge in [-0.05, 0) is 49.2 Å². The zero-order chi connectivity index (χ0) is 19.0. The second kappa shape index (κ2) is 7.03. The Bertz CT molecular complexity index is 1060. The maximum absolute atomic E-state index is 13.2. The van der Waals surface area contributed by atoms with Crippen LogP contribution in [0.25, 0.3) is 10.2 Å².